The number of hydrogen-bond donors (Lipinski definition) is 0. The zero-order chi connectivity index (χ0) is 17.3. The van der Waals surface area contributed by atoms with Crippen molar-refractivity contribution in [3.05, 3.63) is 0 Å². The molecule has 0 bridgehead atoms. The third-order valence-electron chi connectivity index (χ3n) is 5.93. The Morgan fingerprint density at radius 3 is 2.67 bits per heavy atom. The SMILES string of the molecule is CC(CN1CCN2CCN(C#N)C[C@@H]2C1=O)C1CCC(F)C(F)C1. The summed E-state index contributed by atoms with van der Waals surface area (Å²) >= 11 is 0. The molecule has 1 saturated carbocycles. The highest BCUT2D eigenvalue weighted by molar-refractivity contribution is 5.83. The average molecular weight is 340 g/mol. The van der Waals surface area contributed by atoms with Crippen LogP contribution in [0, 0.1) is 23.3 Å². The number of nitriles is 1. The number of piperazine rings is 2. The summed E-state index contributed by atoms with van der Waals surface area (Å²) in [6.45, 7) is 6.04. The first-order valence-corrected chi connectivity index (χ1v) is 8.95. The Morgan fingerprint density at radius 1 is 1.21 bits per heavy atom. The number of hydrogen-bond acceptors (Lipinski definition) is 4. The molecule has 0 N–H and O–H groups in total. The normalized spacial score (nSPS) is 36.2. The van der Waals surface area contributed by atoms with Crippen LogP contribution in [0.2, 0.25) is 0 Å². The highest BCUT2D eigenvalue weighted by Gasteiger charge is 2.40. The van der Waals surface area contributed by atoms with E-state index < -0.39 is 12.3 Å². The Balaban J connectivity index is 1.57. The number of amides is 1. The summed E-state index contributed by atoms with van der Waals surface area (Å²) in [4.78, 5) is 18.4. The van der Waals surface area contributed by atoms with E-state index in [4.69, 9.17) is 5.26 Å². The highest BCUT2D eigenvalue weighted by atomic mass is 19.2. The van der Waals surface area contributed by atoms with E-state index in [1.54, 1.807) is 4.90 Å². The second kappa shape index (κ2) is 7.22. The summed E-state index contributed by atoms with van der Waals surface area (Å²) in [5.41, 5.74) is 0. The average Bonchev–Trinajstić information content (AvgIpc) is 2.59. The van der Waals surface area contributed by atoms with Gasteiger partial charge in [0.05, 0.1) is 6.54 Å². The van der Waals surface area contributed by atoms with Crippen LogP contribution in [0.25, 0.3) is 0 Å². The third kappa shape index (κ3) is 3.49. The van der Waals surface area contributed by atoms with Crippen molar-refractivity contribution in [2.24, 2.45) is 11.8 Å². The molecule has 0 spiro atoms. The Morgan fingerprint density at radius 2 is 1.96 bits per heavy atom. The zero-order valence-corrected chi connectivity index (χ0v) is 14.2. The second-order valence-corrected chi connectivity index (χ2v) is 7.46. The number of nitrogens with zero attached hydrogens (tertiary/aromatic N) is 4. The lowest BCUT2D eigenvalue weighted by Gasteiger charge is -2.46. The van der Waals surface area contributed by atoms with Gasteiger partial charge in [0.2, 0.25) is 5.91 Å². The monoisotopic (exact) mass is 340 g/mol. The second-order valence-electron chi connectivity index (χ2n) is 7.46. The molecule has 4 unspecified atom stereocenters. The number of fused-ring (bicyclic) bond motifs is 1. The molecule has 5 nitrogen and oxygen atoms in total. The lowest BCUT2D eigenvalue weighted by atomic mass is 9.79. The van der Waals surface area contributed by atoms with E-state index in [2.05, 4.69) is 11.1 Å². The van der Waals surface area contributed by atoms with E-state index in [0.717, 1.165) is 13.1 Å². The molecule has 0 aromatic rings. The molecule has 2 saturated heterocycles. The minimum atomic E-state index is -1.36. The molecule has 24 heavy (non-hydrogen) atoms. The summed E-state index contributed by atoms with van der Waals surface area (Å²) in [7, 11) is 0. The fourth-order valence-corrected chi connectivity index (χ4v) is 4.29. The van der Waals surface area contributed by atoms with Crippen LogP contribution in [-0.2, 0) is 4.79 Å². The van der Waals surface area contributed by atoms with Gasteiger partial charge in [-0.2, -0.15) is 5.26 Å². The van der Waals surface area contributed by atoms with Crippen molar-refractivity contribution in [1.29, 1.82) is 5.26 Å². The van der Waals surface area contributed by atoms with Gasteiger partial charge in [0, 0.05) is 32.7 Å². The van der Waals surface area contributed by atoms with Gasteiger partial charge in [-0.05, 0) is 31.1 Å². The molecule has 1 aliphatic carbocycles. The number of halogens is 2. The number of rotatable bonds is 3. The number of alkyl halides is 2. The van der Waals surface area contributed by atoms with Gasteiger partial charge in [-0.3, -0.25) is 9.69 Å². The standard InChI is InChI=1S/C17H26F2N4O/c1-12(13-2-3-14(18)15(19)8-13)9-23-7-6-22-5-4-21(11-20)10-16(22)17(23)24/h12-16H,2-10H2,1H3/t12?,13?,14?,15?,16-/m1/s1. The van der Waals surface area contributed by atoms with Gasteiger partial charge < -0.3 is 9.80 Å². The van der Waals surface area contributed by atoms with Gasteiger partial charge in [-0.25, -0.2) is 8.78 Å². The topological polar surface area (TPSA) is 50.6 Å². The van der Waals surface area contributed by atoms with Crippen molar-refractivity contribution in [2.45, 2.75) is 44.6 Å². The van der Waals surface area contributed by atoms with E-state index in [-0.39, 0.29) is 36.6 Å². The molecule has 0 aromatic carbocycles. The summed E-state index contributed by atoms with van der Waals surface area (Å²) in [6, 6.07) is -0.241. The van der Waals surface area contributed by atoms with Crippen molar-refractivity contribution in [3.8, 4) is 6.19 Å². The first-order valence-electron chi connectivity index (χ1n) is 8.95. The maximum absolute atomic E-state index is 13.6. The Bertz CT molecular complexity index is 511. The van der Waals surface area contributed by atoms with Crippen LogP contribution in [0.15, 0.2) is 0 Å². The van der Waals surface area contributed by atoms with E-state index in [0.29, 0.717) is 32.6 Å². The van der Waals surface area contributed by atoms with Crippen LogP contribution in [-0.4, -0.2) is 78.3 Å². The van der Waals surface area contributed by atoms with Crippen LogP contribution >= 0.6 is 0 Å². The molecule has 0 aromatic heterocycles. The summed E-state index contributed by atoms with van der Waals surface area (Å²) < 4.78 is 27.0. The first-order chi connectivity index (χ1) is 11.5. The lowest BCUT2D eigenvalue weighted by molar-refractivity contribution is -0.145. The lowest BCUT2D eigenvalue weighted by Crippen LogP contribution is -2.64. The Labute approximate surface area is 142 Å². The largest absolute Gasteiger partial charge is 0.340 e. The molecule has 2 aliphatic heterocycles. The highest BCUT2D eigenvalue weighted by Crippen LogP contribution is 2.34. The minimum absolute atomic E-state index is 0.0732. The molecular weight excluding hydrogens is 314 g/mol. The van der Waals surface area contributed by atoms with E-state index in [1.165, 1.54) is 0 Å². The van der Waals surface area contributed by atoms with Crippen LogP contribution in [0.5, 0.6) is 0 Å². The molecule has 3 rings (SSSR count). The maximum atomic E-state index is 13.6. The van der Waals surface area contributed by atoms with Crippen LogP contribution in [0.3, 0.4) is 0 Å². The quantitative estimate of drug-likeness (QED) is 0.729. The van der Waals surface area contributed by atoms with Crippen LogP contribution in [0.4, 0.5) is 8.78 Å². The van der Waals surface area contributed by atoms with E-state index in [1.807, 2.05) is 11.8 Å². The summed E-state index contributed by atoms with van der Waals surface area (Å²) in [5.74, 6) is 0.380. The minimum Gasteiger partial charge on any atom is -0.340 e. The Hall–Kier alpha value is -1.42. The van der Waals surface area contributed by atoms with E-state index >= 15 is 0 Å². The number of carbonyl (C=O) groups is 1. The van der Waals surface area contributed by atoms with Crippen LogP contribution in [0.1, 0.15) is 26.2 Å². The van der Waals surface area contributed by atoms with Gasteiger partial charge in [-0.15, -0.1) is 0 Å². The van der Waals surface area contributed by atoms with Crippen molar-refractivity contribution in [1.82, 2.24) is 14.7 Å². The smallest absolute Gasteiger partial charge is 0.241 e. The Kier molecular flexibility index (Phi) is 5.24. The fraction of sp³-hybridized carbons (Fsp3) is 0.882. The fourth-order valence-electron chi connectivity index (χ4n) is 4.29. The molecule has 3 fully saturated rings. The maximum Gasteiger partial charge on any atom is 0.241 e. The van der Waals surface area contributed by atoms with Gasteiger partial charge in [0.1, 0.15) is 18.4 Å². The molecule has 3 aliphatic rings. The molecule has 134 valence electrons. The van der Waals surface area contributed by atoms with Crippen molar-refractivity contribution in [3.63, 3.8) is 0 Å². The van der Waals surface area contributed by atoms with Gasteiger partial charge in [0.25, 0.3) is 0 Å². The predicted molar refractivity (Wildman–Crippen MR) is 85.4 cm³/mol. The molecule has 0 radical (unpaired) electrons. The number of carbonyl (C=O) groups excluding carboxylic acids is 1. The van der Waals surface area contributed by atoms with Gasteiger partial charge >= 0.3 is 0 Å². The van der Waals surface area contributed by atoms with Crippen LogP contribution < -0.4 is 0 Å². The summed E-state index contributed by atoms with van der Waals surface area (Å²) in [5, 5.41) is 9.06. The van der Waals surface area contributed by atoms with E-state index in [9.17, 15) is 13.6 Å². The molecule has 7 heteroatoms. The summed E-state index contributed by atoms with van der Waals surface area (Å²) in [6.07, 6.45) is 0.703. The molecule has 2 heterocycles. The zero-order valence-electron chi connectivity index (χ0n) is 14.2. The molecule has 5 atom stereocenters. The molecular formula is C17H26F2N4O. The third-order valence-corrected chi connectivity index (χ3v) is 5.93. The first kappa shape index (κ1) is 17.4. The predicted octanol–water partition coefficient (Wildman–Crippen LogP) is 1.41. The molecule has 1 amide bonds. The van der Waals surface area contributed by atoms with Gasteiger partial charge in [-0.1, -0.05) is 6.92 Å². The van der Waals surface area contributed by atoms with Crippen molar-refractivity contribution < 1.29 is 13.6 Å². The van der Waals surface area contributed by atoms with Gasteiger partial charge in [0.15, 0.2) is 6.19 Å². The van der Waals surface area contributed by atoms with Crippen molar-refractivity contribution in [2.75, 3.05) is 39.3 Å². The van der Waals surface area contributed by atoms with Crippen molar-refractivity contribution >= 4 is 5.91 Å².